The standard InChI is InChI=1S/C32H25N3/c1-2-10-27(11-3-1)33-28-17-19-30(20-18-28)35-34-29-15-13-23(14-16-29)31-12-6-9-26-21-24-7-4-5-8-25(24)22-32(26)31/h1-22,33-35H. The molecule has 0 bridgehead atoms. The highest BCUT2D eigenvalue weighted by Crippen LogP contribution is 2.32. The van der Waals surface area contributed by atoms with Crippen LogP contribution in [0, 0.1) is 0 Å². The predicted molar refractivity (Wildman–Crippen MR) is 150 cm³/mol. The number of rotatable bonds is 6. The highest BCUT2D eigenvalue weighted by atomic mass is 15.4. The van der Waals surface area contributed by atoms with Crippen molar-refractivity contribution in [3.05, 3.63) is 133 Å². The van der Waals surface area contributed by atoms with E-state index in [1.165, 1.54) is 32.7 Å². The van der Waals surface area contributed by atoms with Gasteiger partial charge in [0.25, 0.3) is 0 Å². The molecule has 0 fully saturated rings. The summed E-state index contributed by atoms with van der Waals surface area (Å²) in [4.78, 5) is 0. The number of anilines is 4. The van der Waals surface area contributed by atoms with Crippen molar-refractivity contribution >= 4 is 44.3 Å². The Balaban J connectivity index is 1.16. The average molecular weight is 452 g/mol. The van der Waals surface area contributed by atoms with Gasteiger partial charge in [-0.3, -0.25) is 0 Å². The van der Waals surface area contributed by atoms with Crippen LogP contribution in [-0.4, -0.2) is 0 Å². The van der Waals surface area contributed by atoms with Crippen LogP contribution in [0.15, 0.2) is 133 Å². The normalized spacial score (nSPS) is 10.9. The lowest BCUT2D eigenvalue weighted by Crippen LogP contribution is -2.08. The molecule has 0 heterocycles. The van der Waals surface area contributed by atoms with E-state index in [1.54, 1.807) is 0 Å². The van der Waals surface area contributed by atoms with Crippen molar-refractivity contribution in [2.45, 2.75) is 0 Å². The maximum atomic E-state index is 3.40. The molecule has 35 heavy (non-hydrogen) atoms. The van der Waals surface area contributed by atoms with Gasteiger partial charge in [0.2, 0.25) is 0 Å². The molecule has 168 valence electrons. The van der Waals surface area contributed by atoms with E-state index in [4.69, 9.17) is 0 Å². The summed E-state index contributed by atoms with van der Waals surface area (Å²) in [6.07, 6.45) is 0. The van der Waals surface area contributed by atoms with Gasteiger partial charge in [0, 0.05) is 11.4 Å². The van der Waals surface area contributed by atoms with Crippen molar-refractivity contribution in [1.29, 1.82) is 0 Å². The second kappa shape index (κ2) is 9.24. The molecule has 0 unspecified atom stereocenters. The molecule has 0 saturated heterocycles. The van der Waals surface area contributed by atoms with Crippen molar-refractivity contribution < 1.29 is 0 Å². The third kappa shape index (κ3) is 4.53. The Kier molecular flexibility index (Phi) is 5.50. The summed E-state index contributed by atoms with van der Waals surface area (Å²) in [7, 11) is 0. The first-order valence-electron chi connectivity index (χ1n) is 11.8. The van der Waals surface area contributed by atoms with Gasteiger partial charge in [-0.1, -0.05) is 72.8 Å². The highest BCUT2D eigenvalue weighted by Gasteiger charge is 2.06. The van der Waals surface area contributed by atoms with Crippen molar-refractivity contribution in [3.8, 4) is 11.1 Å². The van der Waals surface area contributed by atoms with Crippen molar-refractivity contribution in [3.63, 3.8) is 0 Å². The molecule has 3 nitrogen and oxygen atoms in total. The number of hydrazine groups is 1. The summed E-state index contributed by atoms with van der Waals surface area (Å²) >= 11 is 0. The van der Waals surface area contributed by atoms with Gasteiger partial charge < -0.3 is 16.2 Å². The Hall–Kier alpha value is -4.76. The van der Waals surface area contributed by atoms with E-state index in [0.29, 0.717) is 0 Å². The summed E-state index contributed by atoms with van der Waals surface area (Å²) in [5, 5.41) is 8.47. The Labute approximate surface area is 205 Å². The Morgan fingerprint density at radius 3 is 1.63 bits per heavy atom. The molecule has 3 heteroatoms. The lowest BCUT2D eigenvalue weighted by molar-refractivity contribution is 1.41. The summed E-state index contributed by atoms with van der Waals surface area (Å²) in [5.74, 6) is 0. The number of fused-ring (bicyclic) bond motifs is 2. The van der Waals surface area contributed by atoms with Crippen molar-refractivity contribution in [1.82, 2.24) is 0 Å². The van der Waals surface area contributed by atoms with E-state index in [2.05, 4.69) is 119 Å². The fourth-order valence-corrected chi connectivity index (χ4v) is 4.42. The SMILES string of the molecule is c1ccc(Nc2ccc(NNc3ccc(-c4cccc5cc6ccccc6cc45)cc3)cc2)cc1. The van der Waals surface area contributed by atoms with Gasteiger partial charge in [0.1, 0.15) is 0 Å². The van der Waals surface area contributed by atoms with E-state index in [-0.39, 0.29) is 0 Å². The Morgan fingerprint density at radius 1 is 0.371 bits per heavy atom. The number of benzene rings is 6. The van der Waals surface area contributed by atoms with Gasteiger partial charge in [0.05, 0.1) is 11.4 Å². The number of nitrogens with one attached hydrogen (secondary N) is 3. The van der Waals surface area contributed by atoms with Crippen LogP contribution in [0.4, 0.5) is 22.7 Å². The minimum absolute atomic E-state index is 0.994. The van der Waals surface area contributed by atoms with Gasteiger partial charge in [-0.25, -0.2) is 0 Å². The summed E-state index contributed by atoms with van der Waals surface area (Å²) in [5.41, 5.74) is 13.2. The molecule has 0 aliphatic heterocycles. The summed E-state index contributed by atoms with van der Waals surface area (Å²) in [6, 6.07) is 46.5. The molecule has 0 atom stereocenters. The monoisotopic (exact) mass is 451 g/mol. The molecule has 6 rings (SSSR count). The maximum Gasteiger partial charge on any atom is 0.0541 e. The quantitative estimate of drug-likeness (QED) is 0.175. The molecule has 0 aliphatic carbocycles. The van der Waals surface area contributed by atoms with Crippen molar-refractivity contribution in [2.75, 3.05) is 16.2 Å². The molecular weight excluding hydrogens is 426 g/mol. The van der Waals surface area contributed by atoms with E-state index < -0.39 is 0 Å². The molecule has 0 radical (unpaired) electrons. The predicted octanol–water partition coefficient (Wildman–Crippen LogP) is 8.84. The molecule has 0 saturated carbocycles. The zero-order chi connectivity index (χ0) is 23.5. The van der Waals surface area contributed by atoms with Crippen LogP contribution in [0.2, 0.25) is 0 Å². The first kappa shape index (κ1) is 20.8. The van der Waals surface area contributed by atoms with Gasteiger partial charge in [0.15, 0.2) is 0 Å². The van der Waals surface area contributed by atoms with E-state index in [0.717, 1.165) is 22.7 Å². The van der Waals surface area contributed by atoms with Crippen LogP contribution in [-0.2, 0) is 0 Å². The zero-order valence-corrected chi connectivity index (χ0v) is 19.2. The van der Waals surface area contributed by atoms with E-state index >= 15 is 0 Å². The lowest BCUT2D eigenvalue weighted by Gasteiger charge is -2.13. The molecule has 3 N–H and O–H groups in total. The molecule has 0 aliphatic rings. The zero-order valence-electron chi connectivity index (χ0n) is 19.2. The summed E-state index contributed by atoms with van der Waals surface area (Å²) in [6.45, 7) is 0. The second-order valence-corrected chi connectivity index (χ2v) is 8.62. The summed E-state index contributed by atoms with van der Waals surface area (Å²) < 4.78 is 0. The Morgan fingerprint density at radius 2 is 0.914 bits per heavy atom. The smallest absolute Gasteiger partial charge is 0.0541 e. The van der Waals surface area contributed by atoms with Gasteiger partial charge >= 0.3 is 0 Å². The maximum absolute atomic E-state index is 3.40. The first-order chi connectivity index (χ1) is 17.3. The molecule has 0 spiro atoms. The van der Waals surface area contributed by atoms with Crippen LogP contribution in [0.25, 0.3) is 32.7 Å². The second-order valence-electron chi connectivity index (χ2n) is 8.62. The van der Waals surface area contributed by atoms with Crippen LogP contribution in [0.3, 0.4) is 0 Å². The number of hydrogen-bond acceptors (Lipinski definition) is 3. The van der Waals surface area contributed by atoms with Gasteiger partial charge in [-0.05, 0) is 93.3 Å². The van der Waals surface area contributed by atoms with Crippen LogP contribution in [0.5, 0.6) is 0 Å². The van der Waals surface area contributed by atoms with Crippen molar-refractivity contribution in [2.24, 2.45) is 0 Å². The molecule has 6 aromatic rings. The third-order valence-corrected chi connectivity index (χ3v) is 6.24. The van der Waals surface area contributed by atoms with Crippen LogP contribution < -0.4 is 16.2 Å². The van der Waals surface area contributed by atoms with Gasteiger partial charge in [-0.2, -0.15) is 0 Å². The lowest BCUT2D eigenvalue weighted by atomic mass is 9.95. The topological polar surface area (TPSA) is 36.1 Å². The molecule has 6 aromatic carbocycles. The van der Waals surface area contributed by atoms with E-state index in [1.807, 2.05) is 30.3 Å². The Bertz CT molecular complexity index is 1590. The van der Waals surface area contributed by atoms with Crippen LogP contribution in [0.1, 0.15) is 0 Å². The molecular formula is C32H25N3. The van der Waals surface area contributed by atoms with Gasteiger partial charge in [-0.15, -0.1) is 0 Å². The third-order valence-electron chi connectivity index (χ3n) is 6.24. The molecule has 0 amide bonds. The minimum atomic E-state index is 0.994. The minimum Gasteiger partial charge on any atom is -0.356 e. The van der Waals surface area contributed by atoms with E-state index in [9.17, 15) is 0 Å². The first-order valence-corrected chi connectivity index (χ1v) is 11.8. The largest absolute Gasteiger partial charge is 0.356 e. The fourth-order valence-electron chi connectivity index (χ4n) is 4.42. The average Bonchev–Trinajstić information content (AvgIpc) is 2.92. The van der Waals surface area contributed by atoms with Crippen LogP contribution >= 0.6 is 0 Å². The highest BCUT2D eigenvalue weighted by molar-refractivity contribution is 6.05. The number of hydrogen-bond donors (Lipinski definition) is 3. The number of para-hydroxylation sites is 1. The fraction of sp³-hybridized carbons (Fsp3) is 0. The molecule has 0 aromatic heterocycles.